The van der Waals surface area contributed by atoms with Crippen LogP contribution in [0.4, 0.5) is 17.5 Å². The number of rotatable bonds is 6. The zero-order chi connectivity index (χ0) is 22.9. The Morgan fingerprint density at radius 3 is 2.79 bits per heavy atom. The van der Waals surface area contributed by atoms with Gasteiger partial charge in [-0.05, 0) is 37.5 Å². The summed E-state index contributed by atoms with van der Waals surface area (Å²) in [5.41, 5.74) is 2.17. The van der Waals surface area contributed by atoms with Crippen LogP contribution in [-0.4, -0.2) is 45.6 Å². The van der Waals surface area contributed by atoms with E-state index in [4.69, 9.17) is 9.72 Å². The third kappa shape index (κ3) is 3.67. The molecule has 2 aromatic heterocycles. The summed E-state index contributed by atoms with van der Waals surface area (Å²) < 4.78 is 7.63. The van der Waals surface area contributed by atoms with Gasteiger partial charge >= 0.3 is 0 Å². The number of hydrogen-bond donors (Lipinski definition) is 2. The summed E-state index contributed by atoms with van der Waals surface area (Å²) in [6.45, 7) is 2.20. The van der Waals surface area contributed by atoms with Crippen LogP contribution in [0.25, 0.3) is 5.69 Å². The van der Waals surface area contributed by atoms with E-state index in [1.165, 1.54) is 12.8 Å². The number of amides is 1. The molecule has 3 aromatic rings. The van der Waals surface area contributed by atoms with Crippen LogP contribution < -0.4 is 20.3 Å². The summed E-state index contributed by atoms with van der Waals surface area (Å²) in [6, 6.07) is 5.89. The smallest absolute Gasteiger partial charge is 0.251 e. The lowest BCUT2D eigenvalue weighted by Gasteiger charge is -2.41. The number of methoxy groups -OCH3 is 1. The second kappa shape index (κ2) is 8.73. The highest BCUT2D eigenvalue weighted by molar-refractivity contribution is 5.95. The van der Waals surface area contributed by atoms with Crippen molar-refractivity contribution in [2.45, 2.75) is 51.1 Å². The van der Waals surface area contributed by atoms with E-state index in [2.05, 4.69) is 37.0 Å². The molecule has 9 nitrogen and oxygen atoms in total. The highest BCUT2D eigenvalue weighted by Crippen LogP contribution is 2.43. The number of imidazole rings is 1. The van der Waals surface area contributed by atoms with Crippen molar-refractivity contribution in [3.05, 3.63) is 48.2 Å². The Hall–Kier alpha value is -3.62. The van der Waals surface area contributed by atoms with Crippen molar-refractivity contribution in [2.75, 3.05) is 24.4 Å². The van der Waals surface area contributed by atoms with E-state index in [9.17, 15) is 4.79 Å². The van der Waals surface area contributed by atoms with Crippen molar-refractivity contribution in [1.82, 2.24) is 24.8 Å². The Balaban J connectivity index is 1.54. The molecule has 0 radical (unpaired) electrons. The van der Waals surface area contributed by atoms with E-state index in [1.807, 2.05) is 24.7 Å². The first-order valence-corrected chi connectivity index (χ1v) is 11.5. The van der Waals surface area contributed by atoms with Crippen LogP contribution in [0.3, 0.4) is 0 Å². The molecular weight excluding hydrogens is 418 g/mol. The maximum Gasteiger partial charge on any atom is 0.251 e. The van der Waals surface area contributed by atoms with Crippen LogP contribution in [0.1, 0.15) is 61.3 Å². The number of carbonyl (C=O) groups excluding carboxylic acids is 1. The maximum atomic E-state index is 12.0. The number of benzene rings is 1. The molecule has 1 fully saturated rings. The first kappa shape index (κ1) is 21.2. The Bertz CT molecular complexity index is 1170. The Morgan fingerprint density at radius 1 is 1.24 bits per heavy atom. The van der Waals surface area contributed by atoms with Gasteiger partial charge in [-0.25, -0.2) is 9.97 Å². The summed E-state index contributed by atoms with van der Waals surface area (Å²) in [4.78, 5) is 28.7. The standard InChI is InChI=1S/C24H29N7O2/c1-4-18-21-26-11-12-30(21)19-14-27-24(29-22(19)31(18)16-7-5-6-8-16)28-17-10-9-15(23(32)25-2)13-20(17)33-3/h9-14,16,18H,4-8H2,1-3H3,(H,25,32)(H,27,28,29)/t18-/m1/s1. The van der Waals surface area contributed by atoms with Crippen molar-refractivity contribution >= 4 is 23.4 Å². The molecule has 172 valence electrons. The number of ether oxygens (including phenoxy) is 1. The highest BCUT2D eigenvalue weighted by atomic mass is 16.5. The fourth-order valence-corrected chi connectivity index (χ4v) is 5.01. The minimum atomic E-state index is -0.168. The number of nitrogens with zero attached hydrogens (tertiary/aromatic N) is 5. The number of hydrogen-bond acceptors (Lipinski definition) is 7. The van der Waals surface area contributed by atoms with Crippen LogP contribution in [0.15, 0.2) is 36.8 Å². The van der Waals surface area contributed by atoms with Gasteiger partial charge in [-0.3, -0.25) is 9.36 Å². The van der Waals surface area contributed by atoms with Gasteiger partial charge in [0.15, 0.2) is 5.82 Å². The molecule has 1 aliphatic carbocycles. The quantitative estimate of drug-likeness (QED) is 0.590. The zero-order valence-electron chi connectivity index (χ0n) is 19.2. The number of nitrogens with one attached hydrogen (secondary N) is 2. The van der Waals surface area contributed by atoms with Crippen molar-refractivity contribution in [2.24, 2.45) is 0 Å². The molecule has 0 unspecified atom stereocenters. The van der Waals surface area contributed by atoms with Crippen LogP contribution in [-0.2, 0) is 0 Å². The summed E-state index contributed by atoms with van der Waals surface area (Å²) >= 11 is 0. The van der Waals surface area contributed by atoms with Gasteiger partial charge < -0.3 is 20.3 Å². The third-order valence-corrected chi connectivity index (χ3v) is 6.60. The first-order valence-electron chi connectivity index (χ1n) is 11.5. The lowest BCUT2D eigenvalue weighted by atomic mass is 10.0. The van der Waals surface area contributed by atoms with E-state index in [-0.39, 0.29) is 11.9 Å². The number of carbonyl (C=O) groups is 1. The summed E-state index contributed by atoms with van der Waals surface area (Å²) in [5, 5.41) is 5.92. The van der Waals surface area contributed by atoms with Gasteiger partial charge in [-0.15, -0.1) is 0 Å². The molecule has 5 rings (SSSR count). The van der Waals surface area contributed by atoms with Crippen LogP contribution in [0, 0.1) is 0 Å². The Morgan fingerprint density at radius 2 is 2.06 bits per heavy atom. The van der Waals surface area contributed by atoms with E-state index in [0.717, 1.165) is 36.6 Å². The molecule has 1 amide bonds. The zero-order valence-corrected chi connectivity index (χ0v) is 19.2. The molecule has 9 heteroatoms. The predicted molar refractivity (Wildman–Crippen MR) is 127 cm³/mol. The summed E-state index contributed by atoms with van der Waals surface area (Å²) in [6.07, 6.45) is 11.5. The largest absolute Gasteiger partial charge is 0.495 e. The van der Waals surface area contributed by atoms with Gasteiger partial charge in [-0.1, -0.05) is 19.8 Å². The Labute approximate surface area is 193 Å². The van der Waals surface area contributed by atoms with E-state index >= 15 is 0 Å². The van der Waals surface area contributed by atoms with Crippen molar-refractivity contribution in [1.29, 1.82) is 0 Å². The second-order valence-corrected chi connectivity index (χ2v) is 8.45. The lowest BCUT2D eigenvalue weighted by molar-refractivity contribution is 0.0963. The lowest BCUT2D eigenvalue weighted by Crippen LogP contribution is -2.42. The highest BCUT2D eigenvalue weighted by Gasteiger charge is 2.38. The average molecular weight is 448 g/mol. The number of fused-ring (bicyclic) bond motifs is 3. The summed E-state index contributed by atoms with van der Waals surface area (Å²) in [5.74, 6) is 2.85. The van der Waals surface area contributed by atoms with E-state index < -0.39 is 0 Å². The molecule has 33 heavy (non-hydrogen) atoms. The molecule has 0 bridgehead atoms. The first-order chi connectivity index (χ1) is 16.1. The molecule has 2 N–H and O–H groups in total. The fraction of sp³-hybridized carbons (Fsp3) is 0.417. The molecule has 1 saturated carbocycles. The van der Waals surface area contributed by atoms with Crippen LogP contribution in [0.5, 0.6) is 5.75 Å². The third-order valence-electron chi connectivity index (χ3n) is 6.60. The van der Waals surface area contributed by atoms with Crippen molar-refractivity contribution in [3.63, 3.8) is 0 Å². The van der Waals surface area contributed by atoms with E-state index in [1.54, 1.807) is 26.3 Å². The average Bonchev–Trinajstić information content (AvgIpc) is 3.55. The minimum absolute atomic E-state index is 0.168. The molecule has 1 aliphatic heterocycles. The monoisotopic (exact) mass is 447 g/mol. The SMILES string of the molecule is CC[C@@H]1c2nccn2-c2cnc(Nc3ccc(C(=O)NC)cc3OC)nc2N1C1CCCC1. The van der Waals surface area contributed by atoms with Crippen molar-refractivity contribution < 1.29 is 9.53 Å². The molecule has 2 aliphatic rings. The van der Waals surface area contributed by atoms with Gasteiger partial charge in [-0.2, -0.15) is 4.98 Å². The molecule has 1 atom stereocenters. The number of aromatic nitrogens is 4. The minimum Gasteiger partial charge on any atom is -0.495 e. The van der Waals surface area contributed by atoms with Gasteiger partial charge in [0.25, 0.3) is 5.91 Å². The van der Waals surface area contributed by atoms with Crippen molar-refractivity contribution in [3.8, 4) is 11.4 Å². The molecule has 0 spiro atoms. The summed E-state index contributed by atoms with van der Waals surface area (Å²) in [7, 11) is 3.18. The van der Waals surface area contributed by atoms with Gasteiger partial charge in [0.1, 0.15) is 17.3 Å². The number of anilines is 3. The normalized spacial score (nSPS) is 17.4. The molecule has 3 heterocycles. The molecule has 1 aromatic carbocycles. The van der Waals surface area contributed by atoms with Gasteiger partial charge in [0.05, 0.1) is 25.0 Å². The fourth-order valence-electron chi connectivity index (χ4n) is 5.01. The Kier molecular flexibility index (Phi) is 5.62. The van der Waals surface area contributed by atoms with Gasteiger partial charge in [0.2, 0.25) is 5.95 Å². The second-order valence-electron chi connectivity index (χ2n) is 8.45. The topological polar surface area (TPSA) is 97.2 Å². The predicted octanol–water partition coefficient (Wildman–Crippen LogP) is 3.99. The van der Waals surface area contributed by atoms with Gasteiger partial charge in [0, 0.05) is 31.0 Å². The molecular formula is C24H29N7O2. The van der Waals surface area contributed by atoms with Crippen LogP contribution in [0.2, 0.25) is 0 Å². The van der Waals surface area contributed by atoms with E-state index in [0.29, 0.717) is 29.0 Å². The van der Waals surface area contributed by atoms with Crippen LogP contribution >= 0.6 is 0 Å². The molecule has 0 saturated heterocycles. The maximum absolute atomic E-state index is 12.0.